The number of hydrogen-bond acceptors (Lipinski definition) is 5. The Balaban J connectivity index is 2.00. The normalized spacial score (nSPS) is 10.0. The molecule has 150 valence electrons. The molecule has 0 aliphatic rings. The predicted octanol–water partition coefficient (Wildman–Crippen LogP) is 2.90. The minimum Gasteiger partial charge on any atom is -0.493 e. The molecule has 28 heavy (non-hydrogen) atoms. The molecule has 0 aliphatic carbocycles. The summed E-state index contributed by atoms with van der Waals surface area (Å²) < 4.78 is 16.0. The van der Waals surface area contributed by atoms with Gasteiger partial charge in [-0.3, -0.25) is 4.79 Å². The molecule has 0 aliphatic heterocycles. The van der Waals surface area contributed by atoms with Crippen LogP contribution in [0.4, 0.5) is 5.69 Å². The maximum absolute atomic E-state index is 11.9. The minimum atomic E-state index is -0.0466. The molecule has 0 bridgehead atoms. The van der Waals surface area contributed by atoms with Crippen LogP contribution in [-0.4, -0.2) is 51.3 Å². The van der Waals surface area contributed by atoms with E-state index in [1.54, 1.807) is 47.6 Å². The van der Waals surface area contributed by atoms with Gasteiger partial charge in [0.25, 0.3) is 5.91 Å². The third-order valence-electron chi connectivity index (χ3n) is 3.97. The zero-order valence-electron chi connectivity index (χ0n) is 16.7. The second-order valence-electron chi connectivity index (χ2n) is 6.12. The van der Waals surface area contributed by atoms with Gasteiger partial charge in [-0.1, -0.05) is 0 Å². The van der Waals surface area contributed by atoms with Gasteiger partial charge < -0.3 is 29.7 Å². The Morgan fingerprint density at radius 3 is 2.04 bits per heavy atom. The number of hydrogen-bond donors (Lipinski definition) is 2. The van der Waals surface area contributed by atoms with Gasteiger partial charge >= 0.3 is 0 Å². The van der Waals surface area contributed by atoms with Crippen molar-refractivity contribution in [3.63, 3.8) is 0 Å². The lowest BCUT2D eigenvalue weighted by atomic mass is 10.1. The maximum atomic E-state index is 11.9. The lowest BCUT2D eigenvalue weighted by Crippen LogP contribution is -2.28. The van der Waals surface area contributed by atoms with Crippen molar-refractivity contribution in [2.24, 2.45) is 0 Å². The molecule has 0 radical (unpaired) electrons. The van der Waals surface area contributed by atoms with E-state index in [0.717, 1.165) is 11.3 Å². The van der Waals surface area contributed by atoms with Crippen LogP contribution in [-0.2, 0) is 6.54 Å². The van der Waals surface area contributed by atoms with Crippen LogP contribution < -0.4 is 24.8 Å². The van der Waals surface area contributed by atoms with Gasteiger partial charge in [0.15, 0.2) is 16.6 Å². The molecule has 0 spiro atoms. The Labute approximate surface area is 170 Å². The second kappa shape index (κ2) is 9.80. The Hall–Kier alpha value is -3.00. The van der Waals surface area contributed by atoms with E-state index in [2.05, 4.69) is 10.6 Å². The van der Waals surface area contributed by atoms with E-state index in [1.165, 1.54) is 4.90 Å². The van der Waals surface area contributed by atoms with Crippen molar-refractivity contribution in [1.29, 1.82) is 0 Å². The summed E-state index contributed by atoms with van der Waals surface area (Å²) in [5.41, 5.74) is 2.33. The average molecular weight is 404 g/mol. The molecule has 0 heterocycles. The summed E-state index contributed by atoms with van der Waals surface area (Å²) >= 11 is 5.35. The summed E-state index contributed by atoms with van der Waals surface area (Å²) in [5.74, 6) is 1.66. The van der Waals surface area contributed by atoms with Gasteiger partial charge in [0.1, 0.15) is 0 Å². The molecule has 2 N–H and O–H groups in total. The summed E-state index contributed by atoms with van der Waals surface area (Å²) in [6, 6.07) is 10.9. The van der Waals surface area contributed by atoms with Crippen molar-refractivity contribution in [2.45, 2.75) is 6.54 Å². The third-order valence-corrected chi connectivity index (χ3v) is 4.22. The fraction of sp³-hybridized carbons (Fsp3) is 0.300. The second-order valence-corrected chi connectivity index (χ2v) is 6.53. The smallest absolute Gasteiger partial charge is 0.253 e. The Bertz CT molecular complexity index is 813. The van der Waals surface area contributed by atoms with Crippen LogP contribution in [0.15, 0.2) is 36.4 Å². The minimum absolute atomic E-state index is 0.0466. The molecule has 2 aromatic carbocycles. The molecular formula is C20H25N3O4S. The van der Waals surface area contributed by atoms with E-state index in [4.69, 9.17) is 26.4 Å². The maximum Gasteiger partial charge on any atom is 0.253 e. The first-order valence-electron chi connectivity index (χ1n) is 8.55. The first-order valence-corrected chi connectivity index (χ1v) is 8.95. The van der Waals surface area contributed by atoms with Gasteiger partial charge in [-0.2, -0.15) is 0 Å². The van der Waals surface area contributed by atoms with Crippen LogP contribution in [0.1, 0.15) is 15.9 Å². The molecule has 2 rings (SSSR count). The van der Waals surface area contributed by atoms with Gasteiger partial charge in [0, 0.05) is 31.9 Å². The van der Waals surface area contributed by atoms with Crippen molar-refractivity contribution in [2.75, 3.05) is 40.7 Å². The highest BCUT2D eigenvalue weighted by atomic mass is 32.1. The SMILES string of the molecule is COc1cc(CNC(=S)Nc2ccc(C(=O)N(C)C)cc2)cc(OC)c1OC. The van der Waals surface area contributed by atoms with Gasteiger partial charge in [-0.25, -0.2) is 0 Å². The quantitative estimate of drug-likeness (QED) is 0.689. The summed E-state index contributed by atoms with van der Waals surface area (Å²) in [4.78, 5) is 13.5. The third kappa shape index (κ3) is 5.26. The summed E-state index contributed by atoms with van der Waals surface area (Å²) in [5, 5.41) is 6.69. The van der Waals surface area contributed by atoms with Crippen molar-refractivity contribution in [3.8, 4) is 17.2 Å². The number of nitrogens with one attached hydrogen (secondary N) is 2. The molecule has 2 aromatic rings. The van der Waals surface area contributed by atoms with E-state index in [-0.39, 0.29) is 5.91 Å². The number of carbonyl (C=O) groups excluding carboxylic acids is 1. The van der Waals surface area contributed by atoms with Crippen LogP contribution in [0, 0.1) is 0 Å². The van der Waals surface area contributed by atoms with Crippen molar-refractivity contribution >= 4 is 28.9 Å². The van der Waals surface area contributed by atoms with E-state index in [0.29, 0.717) is 34.5 Å². The molecule has 8 heteroatoms. The Morgan fingerprint density at radius 2 is 1.57 bits per heavy atom. The van der Waals surface area contributed by atoms with Crippen molar-refractivity contribution in [3.05, 3.63) is 47.5 Å². The lowest BCUT2D eigenvalue weighted by Gasteiger charge is -2.15. The molecule has 0 saturated heterocycles. The first-order chi connectivity index (χ1) is 13.4. The molecule has 0 atom stereocenters. The Kier molecular flexibility index (Phi) is 7.45. The number of thiocarbonyl (C=S) groups is 1. The number of benzene rings is 2. The number of anilines is 1. The van der Waals surface area contributed by atoms with Gasteiger partial charge in [0.2, 0.25) is 5.75 Å². The molecular weight excluding hydrogens is 378 g/mol. The number of nitrogens with zero attached hydrogens (tertiary/aromatic N) is 1. The van der Waals surface area contributed by atoms with Crippen LogP contribution >= 0.6 is 12.2 Å². The largest absolute Gasteiger partial charge is 0.493 e. The first kappa shape index (κ1) is 21.3. The van der Waals surface area contributed by atoms with Crippen molar-refractivity contribution in [1.82, 2.24) is 10.2 Å². The van der Waals surface area contributed by atoms with E-state index >= 15 is 0 Å². The number of amides is 1. The summed E-state index contributed by atoms with van der Waals surface area (Å²) in [6.45, 7) is 0.472. The number of rotatable bonds is 7. The predicted molar refractivity (Wildman–Crippen MR) is 114 cm³/mol. The van der Waals surface area contributed by atoms with Gasteiger partial charge in [0.05, 0.1) is 21.3 Å². The lowest BCUT2D eigenvalue weighted by molar-refractivity contribution is 0.0827. The van der Waals surface area contributed by atoms with E-state index in [1.807, 2.05) is 24.3 Å². The number of methoxy groups -OCH3 is 3. The van der Waals surface area contributed by atoms with Crippen LogP contribution in [0.2, 0.25) is 0 Å². The van der Waals surface area contributed by atoms with Crippen LogP contribution in [0.3, 0.4) is 0 Å². The Morgan fingerprint density at radius 1 is 1.00 bits per heavy atom. The zero-order chi connectivity index (χ0) is 20.7. The molecule has 1 amide bonds. The van der Waals surface area contributed by atoms with Crippen LogP contribution in [0.25, 0.3) is 0 Å². The molecule has 0 aromatic heterocycles. The highest BCUT2D eigenvalue weighted by molar-refractivity contribution is 7.80. The summed E-state index contributed by atoms with van der Waals surface area (Å²) in [6.07, 6.45) is 0. The molecule has 0 fully saturated rings. The average Bonchev–Trinajstić information content (AvgIpc) is 2.71. The fourth-order valence-corrected chi connectivity index (χ4v) is 2.74. The highest BCUT2D eigenvalue weighted by Gasteiger charge is 2.13. The number of ether oxygens (including phenoxy) is 3. The molecule has 7 nitrogen and oxygen atoms in total. The van der Waals surface area contributed by atoms with Crippen molar-refractivity contribution < 1.29 is 19.0 Å². The molecule has 0 saturated carbocycles. The van der Waals surface area contributed by atoms with Crippen LogP contribution in [0.5, 0.6) is 17.2 Å². The van der Waals surface area contributed by atoms with Gasteiger partial charge in [-0.05, 0) is 54.2 Å². The highest BCUT2D eigenvalue weighted by Crippen LogP contribution is 2.38. The topological polar surface area (TPSA) is 72.1 Å². The fourth-order valence-electron chi connectivity index (χ4n) is 2.55. The number of carbonyl (C=O) groups is 1. The monoisotopic (exact) mass is 403 g/mol. The van der Waals surface area contributed by atoms with E-state index < -0.39 is 0 Å². The molecule has 0 unspecified atom stereocenters. The van der Waals surface area contributed by atoms with E-state index in [9.17, 15) is 4.79 Å². The van der Waals surface area contributed by atoms with Gasteiger partial charge in [-0.15, -0.1) is 0 Å². The summed E-state index contributed by atoms with van der Waals surface area (Å²) in [7, 11) is 8.15. The standard InChI is InChI=1S/C20H25N3O4S/c1-23(2)19(24)14-6-8-15(9-7-14)22-20(28)21-12-13-10-16(25-3)18(27-5)17(11-13)26-4/h6-11H,12H2,1-5H3,(H2,21,22,28). The zero-order valence-corrected chi connectivity index (χ0v) is 17.5.